The van der Waals surface area contributed by atoms with E-state index in [1.54, 1.807) is 0 Å². The maximum absolute atomic E-state index is 12.6. The molecule has 61 heavy (non-hydrogen) atoms. The molecule has 0 aromatic rings. The molecule has 0 saturated heterocycles. The minimum absolute atomic E-state index is 0.124. The van der Waals surface area contributed by atoms with Crippen molar-refractivity contribution in [2.45, 2.75) is 257 Å². The molecule has 0 bridgehead atoms. The van der Waals surface area contributed by atoms with Crippen LogP contribution in [0, 0.1) is 0 Å². The van der Waals surface area contributed by atoms with Crippen molar-refractivity contribution in [1.82, 2.24) is 0 Å². The number of carbonyl (C=O) groups excluding carboxylic acids is 2. The lowest BCUT2D eigenvalue weighted by molar-refractivity contribution is -0.161. The van der Waals surface area contributed by atoms with Crippen molar-refractivity contribution < 1.29 is 47.8 Å². The maximum Gasteiger partial charge on any atom is 0.472 e. The molecule has 360 valence electrons. The highest BCUT2D eigenvalue weighted by Gasteiger charge is 2.27. The molecule has 10 nitrogen and oxygen atoms in total. The van der Waals surface area contributed by atoms with Crippen molar-refractivity contribution in [3.05, 3.63) is 24.3 Å². The van der Waals surface area contributed by atoms with Gasteiger partial charge in [-0.2, -0.15) is 0 Å². The van der Waals surface area contributed by atoms with Crippen molar-refractivity contribution in [2.75, 3.05) is 26.4 Å². The number of carbonyl (C=O) groups is 2. The van der Waals surface area contributed by atoms with Gasteiger partial charge in [-0.15, -0.1) is 0 Å². The molecular formula is C50H95O10P. The number of aliphatic hydroxyl groups excluding tert-OH is 2. The summed E-state index contributed by atoms with van der Waals surface area (Å²) in [6, 6.07) is 0. The normalized spacial score (nSPS) is 13.9. The van der Waals surface area contributed by atoms with E-state index in [1.807, 2.05) is 6.08 Å². The van der Waals surface area contributed by atoms with E-state index in [9.17, 15) is 24.2 Å². The van der Waals surface area contributed by atoms with Gasteiger partial charge in [-0.25, -0.2) is 4.57 Å². The van der Waals surface area contributed by atoms with Crippen molar-refractivity contribution in [2.24, 2.45) is 0 Å². The van der Waals surface area contributed by atoms with E-state index in [-0.39, 0.29) is 19.4 Å². The summed E-state index contributed by atoms with van der Waals surface area (Å²) in [7, 11) is -4.63. The third-order valence-corrected chi connectivity index (χ3v) is 12.1. The summed E-state index contributed by atoms with van der Waals surface area (Å²) in [5.41, 5.74) is 0. The van der Waals surface area contributed by atoms with Crippen LogP contribution in [0.2, 0.25) is 0 Å². The third-order valence-electron chi connectivity index (χ3n) is 11.1. The molecule has 0 spiro atoms. The van der Waals surface area contributed by atoms with E-state index >= 15 is 0 Å². The van der Waals surface area contributed by atoms with E-state index in [0.717, 1.165) is 32.1 Å². The number of phosphoric ester groups is 1. The number of hydrogen-bond donors (Lipinski definition) is 3. The van der Waals surface area contributed by atoms with E-state index < -0.39 is 51.8 Å². The molecule has 3 atom stereocenters. The molecule has 0 fully saturated rings. The predicted molar refractivity (Wildman–Crippen MR) is 252 cm³/mol. The first-order chi connectivity index (χ1) is 29.7. The van der Waals surface area contributed by atoms with Crippen LogP contribution in [0.3, 0.4) is 0 Å². The molecule has 0 radical (unpaired) electrons. The summed E-state index contributed by atoms with van der Waals surface area (Å²) >= 11 is 0. The van der Waals surface area contributed by atoms with Gasteiger partial charge in [0, 0.05) is 12.8 Å². The second-order valence-corrected chi connectivity index (χ2v) is 18.7. The van der Waals surface area contributed by atoms with E-state index in [4.69, 9.17) is 23.6 Å². The van der Waals surface area contributed by atoms with Crippen LogP contribution in [-0.4, -0.2) is 65.7 Å². The smallest absolute Gasteiger partial charge is 0.462 e. The Morgan fingerprint density at radius 2 is 0.869 bits per heavy atom. The van der Waals surface area contributed by atoms with Crippen molar-refractivity contribution in [3.8, 4) is 0 Å². The topological polar surface area (TPSA) is 149 Å². The second-order valence-electron chi connectivity index (χ2n) is 17.2. The van der Waals surface area contributed by atoms with Gasteiger partial charge in [-0.3, -0.25) is 18.6 Å². The molecule has 0 aliphatic heterocycles. The number of phosphoric acid groups is 1. The number of hydrogen-bond acceptors (Lipinski definition) is 9. The lowest BCUT2D eigenvalue weighted by atomic mass is 10.0. The number of esters is 2. The number of aliphatic hydroxyl groups is 2. The highest BCUT2D eigenvalue weighted by molar-refractivity contribution is 7.47. The molecule has 3 N–H and O–H groups in total. The van der Waals surface area contributed by atoms with Crippen LogP contribution in [-0.2, 0) is 32.7 Å². The lowest BCUT2D eigenvalue weighted by Gasteiger charge is -2.20. The van der Waals surface area contributed by atoms with Gasteiger partial charge in [0.2, 0.25) is 0 Å². The Hall–Kier alpha value is -1.55. The first kappa shape index (κ1) is 59.5. The summed E-state index contributed by atoms with van der Waals surface area (Å²) in [5, 5.41) is 18.4. The Labute approximate surface area is 374 Å². The summed E-state index contributed by atoms with van der Waals surface area (Å²) in [6.45, 7) is 2.38. The number of unbranched alkanes of at least 4 members (excludes halogenated alkanes) is 30. The van der Waals surface area contributed by atoms with Crippen LogP contribution in [0.5, 0.6) is 0 Å². The summed E-state index contributed by atoms with van der Waals surface area (Å²) in [4.78, 5) is 35.1. The van der Waals surface area contributed by atoms with Gasteiger partial charge in [0.15, 0.2) is 6.10 Å². The van der Waals surface area contributed by atoms with Gasteiger partial charge in [-0.05, 0) is 38.5 Å². The Morgan fingerprint density at radius 1 is 0.492 bits per heavy atom. The van der Waals surface area contributed by atoms with Gasteiger partial charge in [0.25, 0.3) is 0 Å². The van der Waals surface area contributed by atoms with E-state index in [2.05, 4.69) is 32.1 Å². The molecule has 0 rings (SSSR count). The zero-order valence-corrected chi connectivity index (χ0v) is 40.3. The first-order valence-electron chi connectivity index (χ1n) is 25.3. The Kier molecular flexibility index (Phi) is 45.3. The third kappa shape index (κ3) is 46.3. The SMILES string of the molecule is CCCCCCCCCCC/C=C/C/C=C/CCCC(=O)O[C@H](COC(=O)CCCCCCCCCCCCCCCCCCCCCCC)COP(=O)(O)OC[C@@H](O)CO. The minimum atomic E-state index is -4.63. The average Bonchev–Trinajstić information content (AvgIpc) is 3.25. The number of rotatable bonds is 48. The van der Waals surface area contributed by atoms with Crippen LogP contribution in [0.4, 0.5) is 0 Å². The highest BCUT2D eigenvalue weighted by Crippen LogP contribution is 2.43. The van der Waals surface area contributed by atoms with Crippen LogP contribution in [0.25, 0.3) is 0 Å². The quantitative estimate of drug-likeness (QED) is 0.0233. The van der Waals surface area contributed by atoms with Gasteiger partial charge in [0.05, 0.1) is 19.8 Å². The van der Waals surface area contributed by atoms with E-state index in [1.165, 1.54) is 167 Å². The fourth-order valence-corrected chi connectivity index (χ4v) is 8.00. The molecule has 0 saturated carbocycles. The largest absolute Gasteiger partial charge is 0.472 e. The van der Waals surface area contributed by atoms with Crippen LogP contribution < -0.4 is 0 Å². The lowest BCUT2D eigenvalue weighted by Crippen LogP contribution is -2.29. The summed E-state index contributed by atoms with van der Waals surface area (Å²) in [6.07, 6.45) is 48.7. The minimum Gasteiger partial charge on any atom is -0.462 e. The Morgan fingerprint density at radius 3 is 1.31 bits per heavy atom. The predicted octanol–water partition coefficient (Wildman–Crippen LogP) is 14.1. The molecule has 0 heterocycles. The van der Waals surface area contributed by atoms with Crippen LogP contribution >= 0.6 is 7.82 Å². The zero-order valence-electron chi connectivity index (χ0n) is 39.4. The molecule has 11 heteroatoms. The van der Waals surface area contributed by atoms with Gasteiger partial charge in [-0.1, -0.05) is 218 Å². The molecule has 1 unspecified atom stereocenters. The fourth-order valence-electron chi connectivity index (χ4n) is 7.21. The molecule has 0 aliphatic rings. The molecule has 0 amide bonds. The van der Waals surface area contributed by atoms with Crippen molar-refractivity contribution in [3.63, 3.8) is 0 Å². The summed E-state index contributed by atoms with van der Waals surface area (Å²) in [5.74, 6) is -0.964. The Balaban J connectivity index is 4.20. The number of allylic oxidation sites excluding steroid dienone is 4. The first-order valence-corrected chi connectivity index (χ1v) is 26.8. The van der Waals surface area contributed by atoms with Crippen LogP contribution in [0.15, 0.2) is 24.3 Å². The van der Waals surface area contributed by atoms with Crippen molar-refractivity contribution >= 4 is 19.8 Å². The molecule has 0 aliphatic carbocycles. The summed E-state index contributed by atoms with van der Waals surface area (Å²) < 4.78 is 32.8. The maximum atomic E-state index is 12.6. The highest BCUT2D eigenvalue weighted by atomic mass is 31.2. The second kappa shape index (κ2) is 46.4. The molecular weight excluding hydrogens is 792 g/mol. The van der Waals surface area contributed by atoms with Gasteiger partial charge in [0.1, 0.15) is 12.7 Å². The average molecular weight is 887 g/mol. The molecule has 0 aromatic heterocycles. The monoisotopic (exact) mass is 887 g/mol. The van der Waals surface area contributed by atoms with Crippen LogP contribution in [0.1, 0.15) is 245 Å². The zero-order chi connectivity index (χ0) is 44.8. The fraction of sp³-hybridized carbons (Fsp3) is 0.880. The standard InChI is InChI=1S/C50H95O10P/c1-3-5-7-9-11-13-15-17-19-21-22-23-24-26-27-29-31-33-35-37-39-41-49(53)57-45-48(46-59-61(55,56)58-44-47(52)43-51)60-50(54)42-40-38-36-34-32-30-28-25-20-18-16-14-12-10-8-6-4-2/h28,30,34,36,47-48,51-52H,3-27,29,31-33,35,37-46H2,1-2H3,(H,55,56)/b30-28+,36-34+/t47-,48+/m0/s1. The van der Waals surface area contributed by atoms with Crippen molar-refractivity contribution in [1.29, 1.82) is 0 Å². The molecule has 0 aromatic carbocycles. The van der Waals surface area contributed by atoms with Gasteiger partial charge < -0.3 is 24.6 Å². The number of ether oxygens (including phenoxy) is 2. The van der Waals surface area contributed by atoms with Gasteiger partial charge >= 0.3 is 19.8 Å². The van der Waals surface area contributed by atoms with E-state index in [0.29, 0.717) is 19.3 Å². The Bertz CT molecular complexity index is 1070.